The molecule has 0 aliphatic carbocycles. The smallest absolute Gasteiger partial charge is 0.242 e. The van der Waals surface area contributed by atoms with E-state index in [0.29, 0.717) is 18.7 Å². The molecule has 0 spiro atoms. The first kappa shape index (κ1) is 21.3. The monoisotopic (exact) mass is 416 g/mol. The van der Waals surface area contributed by atoms with Gasteiger partial charge in [-0.3, -0.25) is 4.90 Å². The second-order valence-electron chi connectivity index (χ2n) is 7.11. The summed E-state index contributed by atoms with van der Waals surface area (Å²) in [5, 5.41) is 0. The second-order valence-corrected chi connectivity index (χ2v) is 9.26. The normalized spacial score (nSPS) is 12.2. The number of imidazole rings is 1. The van der Waals surface area contributed by atoms with E-state index in [1.54, 1.807) is 12.1 Å². The van der Waals surface area contributed by atoms with Gasteiger partial charge in [0.25, 0.3) is 0 Å². The second kappa shape index (κ2) is 8.94. The number of fused-ring (bicyclic) bond motifs is 1. The fourth-order valence-corrected chi connectivity index (χ4v) is 4.08. The summed E-state index contributed by atoms with van der Waals surface area (Å²) in [7, 11) is 1.60. The van der Waals surface area contributed by atoms with Crippen LogP contribution in [0.2, 0.25) is 0 Å². The number of aromatic nitrogens is 2. The van der Waals surface area contributed by atoms with Gasteiger partial charge in [0.2, 0.25) is 10.0 Å². The predicted molar refractivity (Wildman–Crippen MR) is 115 cm³/mol. The lowest BCUT2D eigenvalue weighted by atomic mass is 10.3. The Morgan fingerprint density at radius 1 is 1.07 bits per heavy atom. The lowest BCUT2D eigenvalue weighted by molar-refractivity contribution is 0.228. The molecule has 0 atom stereocenters. The third-order valence-electron chi connectivity index (χ3n) is 4.79. The quantitative estimate of drug-likeness (QED) is 0.537. The van der Waals surface area contributed by atoms with Crippen LogP contribution in [0.15, 0.2) is 53.4 Å². The van der Waals surface area contributed by atoms with Gasteiger partial charge in [-0.2, -0.15) is 0 Å². The average Bonchev–Trinajstić information content (AvgIpc) is 3.04. The molecule has 1 heterocycles. The minimum Gasteiger partial charge on any atom is -0.492 e. The highest BCUT2D eigenvalue weighted by molar-refractivity contribution is 7.89. The number of hydrogen-bond donors (Lipinski definition) is 0. The summed E-state index contributed by atoms with van der Waals surface area (Å²) in [4.78, 5) is 7.12. The fraction of sp³-hybridized carbons (Fsp3) is 0.381. The maximum atomic E-state index is 12.4. The van der Waals surface area contributed by atoms with Crippen molar-refractivity contribution >= 4 is 21.1 Å². The van der Waals surface area contributed by atoms with E-state index in [1.807, 2.05) is 43.4 Å². The Hall–Kier alpha value is -2.42. The lowest BCUT2D eigenvalue weighted by Crippen LogP contribution is -2.25. The van der Waals surface area contributed by atoms with Crippen molar-refractivity contribution in [2.75, 3.05) is 34.3 Å². The summed E-state index contributed by atoms with van der Waals surface area (Å²) in [6.45, 7) is 4.81. The molecule has 0 bridgehead atoms. The Bertz CT molecular complexity index is 1060. The first-order valence-electron chi connectivity index (χ1n) is 9.61. The molecule has 0 fully saturated rings. The summed E-state index contributed by atoms with van der Waals surface area (Å²) in [5.74, 6) is 1.76. The van der Waals surface area contributed by atoms with E-state index in [4.69, 9.17) is 9.72 Å². The molecule has 0 saturated carbocycles. The van der Waals surface area contributed by atoms with Gasteiger partial charge < -0.3 is 9.30 Å². The molecule has 156 valence electrons. The number of likely N-dealkylation sites (N-methyl/N-ethyl adjacent to an activating group) is 1. The number of hydrogen-bond acceptors (Lipinski definition) is 5. The molecule has 1 aromatic heterocycles. The summed E-state index contributed by atoms with van der Waals surface area (Å²) in [6.07, 6.45) is 0. The van der Waals surface area contributed by atoms with Gasteiger partial charge in [0.1, 0.15) is 18.2 Å². The Morgan fingerprint density at radius 2 is 1.79 bits per heavy atom. The van der Waals surface area contributed by atoms with Crippen LogP contribution in [0.1, 0.15) is 12.7 Å². The van der Waals surface area contributed by atoms with E-state index in [1.165, 1.54) is 18.4 Å². The minimum atomic E-state index is -3.48. The minimum absolute atomic E-state index is 0.256. The first-order chi connectivity index (χ1) is 13.8. The maximum absolute atomic E-state index is 12.4. The largest absolute Gasteiger partial charge is 0.492 e. The third kappa shape index (κ3) is 4.77. The SMILES string of the molecule is CCn1c(CN(C)CCOc2ccccc2)nc2cc(S(=O)(=O)N(C)C)ccc21. The van der Waals surface area contributed by atoms with E-state index >= 15 is 0 Å². The summed E-state index contributed by atoms with van der Waals surface area (Å²) in [6, 6.07) is 14.9. The van der Waals surface area contributed by atoms with Crippen molar-refractivity contribution in [2.45, 2.75) is 24.9 Å². The van der Waals surface area contributed by atoms with Crippen LogP contribution in [0.3, 0.4) is 0 Å². The van der Waals surface area contributed by atoms with Gasteiger partial charge in [0, 0.05) is 27.2 Å². The molecule has 0 radical (unpaired) electrons. The molecule has 0 aliphatic heterocycles. The molecule has 0 saturated heterocycles. The molecule has 0 N–H and O–H groups in total. The van der Waals surface area contributed by atoms with Crippen LogP contribution in [0.25, 0.3) is 11.0 Å². The summed E-state index contributed by atoms with van der Waals surface area (Å²) in [5.41, 5.74) is 1.63. The van der Waals surface area contributed by atoms with Gasteiger partial charge in [-0.15, -0.1) is 0 Å². The van der Waals surface area contributed by atoms with Crippen LogP contribution in [0.4, 0.5) is 0 Å². The van der Waals surface area contributed by atoms with Crippen molar-refractivity contribution in [3.05, 3.63) is 54.4 Å². The van der Waals surface area contributed by atoms with Gasteiger partial charge in [0.05, 0.1) is 22.5 Å². The number of nitrogens with zero attached hydrogens (tertiary/aromatic N) is 4. The van der Waals surface area contributed by atoms with Crippen LogP contribution in [0, 0.1) is 0 Å². The molecule has 7 nitrogen and oxygen atoms in total. The molecule has 2 aromatic carbocycles. The van der Waals surface area contributed by atoms with Crippen LogP contribution >= 0.6 is 0 Å². The highest BCUT2D eigenvalue weighted by Gasteiger charge is 2.19. The topological polar surface area (TPSA) is 67.7 Å². The lowest BCUT2D eigenvalue weighted by Gasteiger charge is -2.17. The maximum Gasteiger partial charge on any atom is 0.242 e. The molecular formula is C21H28N4O3S. The van der Waals surface area contributed by atoms with E-state index < -0.39 is 10.0 Å². The summed E-state index contributed by atoms with van der Waals surface area (Å²) >= 11 is 0. The van der Waals surface area contributed by atoms with Gasteiger partial charge >= 0.3 is 0 Å². The van der Waals surface area contributed by atoms with Crippen LogP contribution in [-0.2, 0) is 23.1 Å². The highest BCUT2D eigenvalue weighted by Crippen LogP contribution is 2.22. The Morgan fingerprint density at radius 3 is 2.45 bits per heavy atom. The molecule has 3 aromatic rings. The standard InChI is InChI=1S/C21H28N4O3S/c1-5-25-20-12-11-18(29(26,27)23(2)3)15-19(20)22-21(25)16-24(4)13-14-28-17-9-7-6-8-10-17/h6-12,15H,5,13-14,16H2,1-4H3. The predicted octanol–water partition coefficient (Wildman–Crippen LogP) is 2.82. The third-order valence-corrected chi connectivity index (χ3v) is 6.60. The zero-order chi connectivity index (χ0) is 21.0. The van der Waals surface area contributed by atoms with E-state index in [0.717, 1.165) is 30.2 Å². The molecular weight excluding hydrogens is 388 g/mol. The van der Waals surface area contributed by atoms with Gasteiger partial charge in [-0.25, -0.2) is 17.7 Å². The van der Waals surface area contributed by atoms with E-state index in [9.17, 15) is 8.42 Å². The van der Waals surface area contributed by atoms with Crippen molar-refractivity contribution in [1.82, 2.24) is 18.8 Å². The van der Waals surface area contributed by atoms with E-state index in [2.05, 4.69) is 16.4 Å². The number of ether oxygens (including phenoxy) is 1. The number of para-hydroxylation sites is 1. The Kier molecular flexibility index (Phi) is 6.56. The van der Waals surface area contributed by atoms with Crippen LogP contribution < -0.4 is 4.74 Å². The molecule has 29 heavy (non-hydrogen) atoms. The number of benzene rings is 2. The zero-order valence-corrected chi connectivity index (χ0v) is 18.2. The average molecular weight is 417 g/mol. The van der Waals surface area contributed by atoms with Crippen LogP contribution in [-0.4, -0.2) is 61.5 Å². The van der Waals surface area contributed by atoms with Crippen molar-refractivity contribution in [3.8, 4) is 5.75 Å². The van der Waals surface area contributed by atoms with Crippen LogP contribution in [0.5, 0.6) is 5.75 Å². The number of sulfonamides is 1. The fourth-order valence-electron chi connectivity index (χ4n) is 3.16. The first-order valence-corrected chi connectivity index (χ1v) is 11.0. The molecule has 0 unspecified atom stereocenters. The molecule has 0 aliphatic rings. The number of aryl methyl sites for hydroxylation is 1. The van der Waals surface area contributed by atoms with Gasteiger partial charge in [-0.05, 0) is 44.3 Å². The van der Waals surface area contributed by atoms with Crippen molar-refractivity contribution in [1.29, 1.82) is 0 Å². The van der Waals surface area contributed by atoms with Crippen molar-refractivity contribution in [3.63, 3.8) is 0 Å². The summed E-state index contributed by atoms with van der Waals surface area (Å²) < 4.78 is 33.9. The molecule has 8 heteroatoms. The molecule has 0 amide bonds. The number of rotatable bonds is 9. The highest BCUT2D eigenvalue weighted by atomic mass is 32.2. The van der Waals surface area contributed by atoms with Gasteiger partial charge in [-0.1, -0.05) is 18.2 Å². The Balaban J connectivity index is 1.74. The molecule has 3 rings (SSSR count). The Labute approximate surface area is 172 Å². The van der Waals surface area contributed by atoms with Gasteiger partial charge in [0.15, 0.2) is 0 Å². The van der Waals surface area contributed by atoms with Crippen molar-refractivity contribution in [2.24, 2.45) is 0 Å². The zero-order valence-electron chi connectivity index (χ0n) is 17.4. The van der Waals surface area contributed by atoms with Crippen molar-refractivity contribution < 1.29 is 13.2 Å². The van der Waals surface area contributed by atoms with E-state index in [-0.39, 0.29) is 4.90 Å².